The number of benzene rings is 2. The number of rotatable bonds is 6. The minimum atomic E-state index is -0.559. The summed E-state index contributed by atoms with van der Waals surface area (Å²) in [4.78, 5) is 0. The predicted molar refractivity (Wildman–Crippen MR) is 84.4 cm³/mol. The Balaban J connectivity index is 2.22. The second-order valence-electron chi connectivity index (χ2n) is 4.76. The first kappa shape index (κ1) is 15.7. The monoisotopic (exact) mass is 306 g/mol. The lowest BCUT2D eigenvalue weighted by Crippen LogP contribution is -1.98. The first-order valence-electron chi connectivity index (χ1n) is 6.99. The van der Waals surface area contributed by atoms with E-state index >= 15 is 0 Å². The molecule has 21 heavy (non-hydrogen) atoms. The van der Waals surface area contributed by atoms with Crippen LogP contribution in [0.4, 0.5) is 0 Å². The number of para-hydroxylation sites is 2. The van der Waals surface area contributed by atoms with Gasteiger partial charge in [0.15, 0.2) is 11.5 Å². The lowest BCUT2D eigenvalue weighted by atomic mass is 10.1. The molecule has 0 aliphatic rings. The predicted octanol–water partition coefficient (Wildman–Crippen LogP) is 4.97. The average Bonchev–Trinajstić information content (AvgIpc) is 2.48. The Morgan fingerprint density at radius 1 is 1.10 bits per heavy atom. The van der Waals surface area contributed by atoms with E-state index < -0.39 is 6.10 Å². The lowest BCUT2D eigenvalue weighted by Gasteiger charge is -2.14. The van der Waals surface area contributed by atoms with Crippen molar-refractivity contribution < 1.29 is 14.6 Å². The van der Waals surface area contributed by atoms with Crippen LogP contribution in [0.25, 0.3) is 0 Å². The Kier molecular flexibility index (Phi) is 5.48. The Hall–Kier alpha value is -1.71. The van der Waals surface area contributed by atoms with Crippen molar-refractivity contribution in [3.05, 3.63) is 53.1 Å². The summed E-state index contributed by atoms with van der Waals surface area (Å²) in [6.07, 6.45) is 0.370. The minimum absolute atomic E-state index is 0.457. The largest absolute Gasteiger partial charge is 0.490 e. The summed E-state index contributed by atoms with van der Waals surface area (Å²) in [7, 11) is 0. The van der Waals surface area contributed by atoms with Crippen LogP contribution in [0.1, 0.15) is 31.9 Å². The number of hydrogen-bond donors (Lipinski definition) is 1. The van der Waals surface area contributed by atoms with E-state index in [1.165, 1.54) is 0 Å². The highest BCUT2D eigenvalue weighted by Crippen LogP contribution is 2.36. The summed E-state index contributed by atoms with van der Waals surface area (Å²) in [5.74, 6) is 1.85. The van der Waals surface area contributed by atoms with Crippen molar-refractivity contribution in [1.29, 1.82) is 0 Å². The Bertz CT molecular complexity index is 596. The van der Waals surface area contributed by atoms with Crippen LogP contribution in [0.15, 0.2) is 42.5 Å². The standard InChI is InChI=1S/C17H19ClO3/c1-3-10-20-16-6-4-5-7-17(16)21-15-9-8-13(12(2)19)11-14(15)18/h4-9,11-12,19H,3,10H2,1-2H3/t12-/m1/s1. The maximum atomic E-state index is 9.55. The molecule has 0 unspecified atom stereocenters. The van der Waals surface area contributed by atoms with Crippen LogP contribution in [-0.2, 0) is 0 Å². The molecule has 0 aromatic heterocycles. The van der Waals surface area contributed by atoms with Crippen LogP contribution in [0.2, 0.25) is 5.02 Å². The van der Waals surface area contributed by atoms with Crippen molar-refractivity contribution in [3.63, 3.8) is 0 Å². The van der Waals surface area contributed by atoms with Crippen molar-refractivity contribution in [2.45, 2.75) is 26.4 Å². The molecule has 3 nitrogen and oxygen atoms in total. The number of hydrogen-bond acceptors (Lipinski definition) is 3. The molecule has 0 saturated heterocycles. The van der Waals surface area contributed by atoms with Gasteiger partial charge in [-0.25, -0.2) is 0 Å². The van der Waals surface area contributed by atoms with Crippen LogP contribution in [0, 0.1) is 0 Å². The fourth-order valence-corrected chi connectivity index (χ4v) is 2.07. The van der Waals surface area contributed by atoms with Gasteiger partial charge in [0.05, 0.1) is 17.7 Å². The molecule has 112 valence electrons. The highest BCUT2D eigenvalue weighted by Gasteiger charge is 2.10. The average molecular weight is 307 g/mol. The van der Waals surface area contributed by atoms with Crippen molar-refractivity contribution in [2.75, 3.05) is 6.61 Å². The fourth-order valence-electron chi connectivity index (χ4n) is 1.84. The summed E-state index contributed by atoms with van der Waals surface area (Å²) in [5, 5.41) is 10.0. The third-order valence-corrected chi connectivity index (χ3v) is 3.26. The van der Waals surface area contributed by atoms with Crippen LogP contribution >= 0.6 is 11.6 Å². The van der Waals surface area contributed by atoms with Gasteiger partial charge in [0.2, 0.25) is 0 Å². The molecule has 2 aromatic carbocycles. The van der Waals surface area contributed by atoms with Gasteiger partial charge < -0.3 is 14.6 Å². The zero-order valence-corrected chi connectivity index (χ0v) is 12.9. The van der Waals surface area contributed by atoms with Gasteiger partial charge in [0, 0.05) is 0 Å². The molecule has 0 aliphatic carbocycles. The number of ether oxygens (including phenoxy) is 2. The summed E-state index contributed by atoms with van der Waals surface area (Å²) in [6.45, 7) is 4.38. The molecule has 1 atom stereocenters. The van der Waals surface area contributed by atoms with Gasteiger partial charge in [-0.05, 0) is 43.2 Å². The van der Waals surface area contributed by atoms with E-state index in [0.717, 1.165) is 12.0 Å². The second kappa shape index (κ2) is 7.34. The molecule has 2 aromatic rings. The van der Waals surface area contributed by atoms with E-state index in [9.17, 15) is 5.11 Å². The third-order valence-electron chi connectivity index (χ3n) is 2.97. The van der Waals surface area contributed by atoms with Gasteiger partial charge in [-0.2, -0.15) is 0 Å². The number of aliphatic hydroxyl groups is 1. The Morgan fingerprint density at radius 2 is 1.81 bits per heavy atom. The van der Waals surface area contributed by atoms with Gasteiger partial charge in [0.1, 0.15) is 5.75 Å². The van der Waals surface area contributed by atoms with Gasteiger partial charge in [0.25, 0.3) is 0 Å². The molecule has 0 radical (unpaired) electrons. The molecule has 4 heteroatoms. The minimum Gasteiger partial charge on any atom is -0.490 e. The molecule has 0 bridgehead atoms. The summed E-state index contributed by atoms with van der Waals surface area (Å²) in [6, 6.07) is 12.7. The molecule has 2 rings (SSSR count). The molecule has 0 saturated carbocycles. The lowest BCUT2D eigenvalue weighted by molar-refractivity contribution is 0.199. The van der Waals surface area contributed by atoms with E-state index in [1.807, 2.05) is 24.3 Å². The molecule has 0 fully saturated rings. The molecular formula is C17H19ClO3. The van der Waals surface area contributed by atoms with Crippen LogP contribution in [0.3, 0.4) is 0 Å². The quantitative estimate of drug-likeness (QED) is 0.818. The van der Waals surface area contributed by atoms with E-state index in [4.69, 9.17) is 21.1 Å². The molecule has 0 amide bonds. The zero-order chi connectivity index (χ0) is 15.2. The highest BCUT2D eigenvalue weighted by atomic mass is 35.5. The van der Waals surface area contributed by atoms with E-state index in [0.29, 0.717) is 28.9 Å². The van der Waals surface area contributed by atoms with Gasteiger partial charge in [-0.15, -0.1) is 0 Å². The fraction of sp³-hybridized carbons (Fsp3) is 0.294. The van der Waals surface area contributed by atoms with Crippen LogP contribution in [0.5, 0.6) is 17.2 Å². The summed E-state index contributed by atoms with van der Waals surface area (Å²) < 4.78 is 11.5. The van der Waals surface area contributed by atoms with Crippen molar-refractivity contribution >= 4 is 11.6 Å². The highest BCUT2D eigenvalue weighted by molar-refractivity contribution is 6.32. The molecular weight excluding hydrogens is 288 g/mol. The number of aliphatic hydroxyl groups excluding tert-OH is 1. The van der Waals surface area contributed by atoms with Crippen LogP contribution < -0.4 is 9.47 Å². The topological polar surface area (TPSA) is 38.7 Å². The molecule has 1 N–H and O–H groups in total. The third kappa shape index (κ3) is 4.13. The van der Waals surface area contributed by atoms with E-state index in [2.05, 4.69) is 6.92 Å². The van der Waals surface area contributed by atoms with Crippen molar-refractivity contribution in [3.8, 4) is 17.2 Å². The van der Waals surface area contributed by atoms with Crippen molar-refractivity contribution in [2.24, 2.45) is 0 Å². The van der Waals surface area contributed by atoms with Gasteiger partial charge >= 0.3 is 0 Å². The van der Waals surface area contributed by atoms with Crippen molar-refractivity contribution in [1.82, 2.24) is 0 Å². The molecule has 0 spiro atoms. The smallest absolute Gasteiger partial charge is 0.169 e. The molecule has 0 aliphatic heterocycles. The SMILES string of the molecule is CCCOc1ccccc1Oc1ccc([C@@H](C)O)cc1Cl. The summed E-state index contributed by atoms with van der Waals surface area (Å²) in [5.41, 5.74) is 0.753. The van der Waals surface area contributed by atoms with E-state index in [1.54, 1.807) is 25.1 Å². The normalized spacial score (nSPS) is 12.0. The molecule has 0 heterocycles. The van der Waals surface area contributed by atoms with Gasteiger partial charge in [-0.3, -0.25) is 0 Å². The van der Waals surface area contributed by atoms with E-state index in [-0.39, 0.29) is 0 Å². The zero-order valence-electron chi connectivity index (χ0n) is 12.2. The maximum absolute atomic E-state index is 9.55. The van der Waals surface area contributed by atoms with Crippen LogP contribution in [-0.4, -0.2) is 11.7 Å². The summed E-state index contributed by atoms with van der Waals surface area (Å²) >= 11 is 6.20. The first-order valence-corrected chi connectivity index (χ1v) is 7.36. The van der Waals surface area contributed by atoms with Gasteiger partial charge in [-0.1, -0.05) is 36.7 Å². The maximum Gasteiger partial charge on any atom is 0.169 e. The Labute approximate surface area is 130 Å². The first-order chi connectivity index (χ1) is 10.1. The Morgan fingerprint density at radius 3 is 2.43 bits per heavy atom. The second-order valence-corrected chi connectivity index (χ2v) is 5.17. The number of halogens is 1.